The van der Waals surface area contributed by atoms with E-state index in [4.69, 9.17) is 4.74 Å². The summed E-state index contributed by atoms with van der Waals surface area (Å²) in [6, 6.07) is 11.6. The van der Waals surface area contributed by atoms with Gasteiger partial charge in [-0.15, -0.1) is 0 Å². The quantitative estimate of drug-likeness (QED) is 0.827. The maximum atomic E-state index is 12.8. The lowest BCUT2D eigenvalue weighted by molar-refractivity contribution is 0.0654. The van der Waals surface area contributed by atoms with Crippen molar-refractivity contribution in [1.82, 2.24) is 0 Å². The maximum absolute atomic E-state index is 12.8. The number of aliphatic hydroxyl groups is 1. The molecule has 21 heavy (non-hydrogen) atoms. The molecule has 2 nitrogen and oxygen atoms in total. The first kappa shape index (κ1) is 14.5. The first-order chi connectivity index (χ1) is 10.0. The first-order valence-electron chi connectivity index (χ1n) is 6.57. The lowest BCUT2D eigenvalue weighted by atomic mass is 9.94. The lowest BCUT2D eigenvalue weighted by Gasteiger charge is -2.30. The normalized spacial score (nSPS) is 21.0. The third-order valence-corrected chi connectivity index (χ3v) is 4.07. The van der Waals surface area contributed by atoms with Gasteiger partial charge in [0, 0.05) is 22.0 Å². The second-order valence-electron chi connectivity index (χ2n) is 5.01. The molecule has 0 amide bonds. The SMILES string of the molecule is OC1CC(c2cccc(C(F)F)c2)Oc2cc(Br)ccc21. The molecule has 0 aliphatic carbocycles. The van der Waals surface area contributed by atoms with Crippen LogP contribution in [0.2, 0.25) is 0 Å². The molecule has 1 aliphatic heterocycles. The van der Waals surface area contributed by atoms with Crippen LogP contribution >= 0.6 is 15.9 Å². The number of fused-ring (bicyclic) bond motifs is 1. The number of hydrogen-bond acceptors (Lipinski definition) is 2. The predicted molar refractivity (Wildman–Crippen MR) is 78.5 cm³/mol. The minimum atomic E-state index is -2.51. The lowest BCUT2D eigenvalue weighted by Crippen LogP contribution is -2.19. The van der Waals surface area contributed by atoms with Gasteiger partial charge in [0.1, 0.15) is 11.9 Å². The molecule has 0 radical (unpaired) electrons. The average Bonchev–Trinajstić information content (AvgIpc) is 2.46. The van der Waals surface area contributed by atoms with Crippen molar-refractivity contribution < 1.29 is 18.6 Å². The Hall–Kier alpha value is -1.46. The van der Waals surface area contributed by atoms with E-state index in [1.54, 1.807) is 24.3 Å². The molecule has 5 heteroatoms. The van der Waals surface area contributed by atoms with E-state index < -0.39 is 18.6 Å². The van der Waals surface area contributed by atoms with Gasteiger partial charge in [-0.05, 0) is 23.8 Å². The summed E-state index contributed by atoms with van der Waals surface area (Å²) < 4.78 is 32.3. The predicted octanol–water partition coefficient (Wildman–Crippen LogP) is 4.94. The van der Waals surface area contributed by atoms with Crippen LogP contribution in [-0.2, 0) is 0 Å². The zero-order chi connectivity index (χ0) is 15.0. The van der Waals surface area contributed by atoms with Gasteiger partial charge in [0.15, 0.2) is 0 Å². The van der Waals surface area contributed by atoms with Gasteiger partial charge < -0.3 is 9.84 Å². The molecule has 110 valence electrons. The van der Waals surface area contributed by atoms with Crippen LogP contribution in [0.4, 0.5) is 8.78 Å². The number of alkyl halides is 2. The van der Waals surface area contributed by atoms with Crippen molar-refractivity contribution in [2.75, 3.05) is 0 Å². The van der Waals surface area contributed by atoms with Crippen molar-refractivity contribution in [3.63, 3.8) is 0 Å². The molecule has 1 aliphatic rings. The summed E-state index contributed by atoms with van der Waals surface area (Å²) >= 11 is 3.36. The van der Waals surface area contributed by atoms with E-state index in [0.29, 0.717) is 17.7 Å². The van der Waals surface area contributed by atoms with Crippen molar-refractivity contribution in [2.24, 2.45) is 0 Å². The zero-order valence-corrected chi connectivity index (χ0v) is 12.6. The summed E-state index contributed by atoms with van der Waals surface area (Å²) in [4.78, 5) is 0. The molecule has 2 unspecified atom stereocenters. The highest BCUT2D eigenvalue weighted by Gasteiger charge is 2.28. The number of hydrogen-bond donors (Lipinski definition) is 1. The smallest absolute Gasteiger partial charge is 0.263 e. The summed E-state index contributed by atoms with van der Waals surface area (Å²) in [6.45, 7) is 0. The third-order valence-electron chi connectivity index (χ3n) is 3.58. The molecule has 0 spiro atoms. The highest BCUT2D eigenvalue weighted by atomic mass is 79.9. The molecular weight excluding hydrogens is 342 g/mol. The van der Waals surface area contributed by atoms with Crippen LogP contribution in [0.3, 0.4) is 0 Å². The molecule has 2 aromatic carbocycles. The summed E-state index contributed by atoms with van der Waals surface area (Å²) in [5, 5.41) is 10.2. The highest BCUT2D eigenvalue weighted by Crippen LogP contribution is 2.42. The van der Waals surface area contributed by atoms with Crippen LogP contribution in [0.25, 0.3) is 0 Å². The zero-order valence-electron chi connectivity index (χ0n) is 11.0. The Morgan fingerprint density at radius 2 is 2.00 bits per heavy atom. The molecule has 1 N–H and O–H groups in total. The van der Waals surface area contributed by atoms with E-state index in [2.05, 4.69) is 15.9 Å². The van der Waals surface area contributed by atoms with E-state index >= 15 is 0 Å². The van der Waals surface area contributed by atoms with E-state index in [-0.39, 0.29) is 5.56 Å². The van der Waals surface area contributed by atoms with E-state index in [0.717, 1.165) is 10.0 Å². The molecule has 0 saturated carbocycles. The van der Waals surface area contributed by atoms with Crippen molar-refractivity contribution in [1.29, 1.82) is 0 Å². The van der Waals surface area contributed by atoms with Crippen LogP contribution in [0.15, 0.2) is 46.9 Å². The highest BCUT2D eigenvalue weighted by molar-refractivity contribution is 9.10. The number of benzene rings is 2. The van der Waals surface area contributed by atoms with Crippen LogP contribution in [0.1, 0.15) is 41.7 Å². The Labute approximate surface area is 129 Å². The number of halogens is 3. The fourth-order valence-electron chi connectivity index (χ4n) is 2.52. The molecule has 0 bridgehead atoms. The van der Waals surface area contributed by atoms with Crippen LogP contribution in [0, 0.1) is 0 Å². The van der Waals surface area contributed by atoms with Gasteiger partial charge in [-0.1, -0.05) is 40.2 Å². The van der Waals surface area contributed by atoms with Crippen LogP contribution in [0.5, 0.6) is 5.75 Å². The van der Waals surface area contributed by atoms with Gasteiger partial charge >= 0.3 is 0 Å². The van der Waals surface area contributed by atoms with Gasteiger partial charge in [-0.25, -0.2) is 8.78 Å². The minimum Gasteiger partial charge on any atom is -0.485 e. The Bertz CT molecular complexity index is 660. The van der Waals surface area contributed by atoms with E-state index in [1.807, 2.05) is 6.07 Å². The molecule has 0 fully saturated rings. The van der Waals surface area contributed by atoms with Crippen molar-refractivity contribution in [3.05, 3.63) is 63.6 Å². The molecule has 1 heterocycles. The summed E-state index contributed by atoms with van der Waals surface area (Å²) in [5.74, 6) is 0.579. The topological polar surface area (TPSA) is 29.5 Å². The van der Waals surface area contributed by atoms with E-state index in [1.165, 1.54) is 12.1 Å². The Kier molecular flexibility index (Phi) is 3.95. The summed E-state index contributed by atoms with van der Waals surface area (Å²) in [5.41, 5.74) is 1.34. The number of rotatable bonds is 2. The fourth-order valence-corrected chi connectivity index (χ4v) is 2.86. The Morgan fingerprint density at radius 1 is 1.19 bits per heavy atom. The second-order valence-corrected chi connectivity index (χ2v) is 5.93. The summed E-state index contributed by atoms with van der Waals surface area (Å²) in [7, 11) is 0. The van der Waals surface area contributed by atoms with Crippen LogP contribution < -0.4 is 4.74 Å². The van der Waals surface area contributed by atoms with Crippen molar-refractivity contribution in [2.45, 2.75) is 25.1 Å². The molecule has 2 aromatic rings. The van der Waals surface area contributed by atoms with Crippen LogP contribution in [-0.4, -0.2) is 5.11 Å². The van der Waals surface area contributed by atoms with Gasteiger partial charge in [0.2, 0.25) is 0 Å². The fraction of sp³-hybridized carbons (Fsp3) is 0.250. The molecule has 3 rings (SSSR count). The second kappa shape index (κ2) is 5.73. The molecule has 2 atom stereocenters. The third kappa shape index (κ3) is 2.94. The van der Waals surface area contributed by atoms with Gasteiger partial charge in [-0.2, -0.15) is 0 Å². The minimum absolute atomic E-state index is 0.0365. The van der Waals surface area contributed by atoms with Gasteiger partial charge in [0.05, 0.1) is 6.10 Å². The average molecular weight is 355 g/mol. The van der Waals surface area contributed by atoms with Gasteiger partial charge in [-0.3, -0.25) is 0 Å². The number of aliphatic hydroxyl groups excluding tert-OH is 1. The van der Waals surface area contributed by atoms with Crippen molar-refractivity contribution in [3.8, 4) is 5.75 Å². The largest absolute Gasteiger partial charge is 0.485 e. The monoisotopic (exact) mass is 354 g/mol. The summed E-state index contributed by atoms with van der Waals surface area (Å²) in [6.07, 6.45) is -3.26. The molecule has 0 aromatic heterocycles. The first-order valence-corrected chi connectivity index (χ1v) is 7.36. The molecule has 0 saturated heterocycles. The Morgan fingerprint density at radius 3 is 2.76 bits per heavy atom. The molecular formula is C16H13BrF2O2. The number of ether oxygens (including phenoxy) is 1. The van der Waals surface area contributed by atoms with Crippen molar-refractivity contribution >= 4 is 15.9 Å². The van der Waals surface area contributed by atoms with E-state index in [9.17, 15) is 13.9 Å². The maximum Gasteiger partial charge on any atom is 0.263 e. The van der Waals surface area contributed by atoms with Gasteiger partial charge in [0.25, 0.3) is 6.43 Å². The standard InChI is InChI=1S/C16H13BrF2O2/c17-11-4-5-12-13(20)8-14(21-15(12)7-11)9-2-1-3-10(6-9)16(18)19/h1-7,13-14,16,20H,8H2. The Balaban J connectivity index is 1.93.